The van der Waals surface area contributed by atoms with E-state index in [4.69, 9.17) is 4.74 Å². The lowest BCUT2D eigenvalue weighted by Gasteiger charge is -2.19. The van der Waals surface area contributed by atoms with E-state index < -0.39 is 4.92 Å². The number of rotatable bonds is 10. The summed E-state index contributed by atoms with van der Waals surface area (Å²) in [6.45, 7) is 9.55. The van der Waals surface area contributed by atoms with Crippen molar-refractivity contribution in [2.75, 3.05) is 7.11 Å². The van der Waals surface area contributed by atoms with Crippen LogP contribution in [0.5, 0.6) is 5.88 Å². The molecule has 0 unspecified atom stereocenters. The van der Waals surface area contributed by atoms with E-state index >= 15 is 0 Å². The lowest BCUT2D eigenvalue weighted by molar-refractivity contribution is -0.386. The fourth-order valence-corrected chi connectivity index (χ4v) is 4.55. The third-order valence-electron chi connectivity index (χ3n) is 6.81. The summed E-state index contributed by atoms with van der Waals surface area (Å²) in [5.41, 5.74) is 4.76. The summed E-state index contributed by atoms with van der Waals surface area (Å²) >= 11 is 0. The Hall–Kier alpha value is -4.27. The largest absolute Gasteiger partial charge is 0.476 e. The first kappa shape index (κ1) is 27.8. The zero-order chi connectivity index (χ0) is 28.2. The van der Waals surface area contributed by atoms with Crippen molar-refractivity contribution in [3.8, 4) is 17.1 Å². The smallest absolute Gasteiger partial charge is 0.346 e. The number of methoxy groups -OCH3 is 1. The zero-order valence-electron chi connectivity index (χ0n) is 23.2. The Kier molecular flexibility index (Phi) is 8.28. The number of pyridine rings is 1. The molecule has 4 rings (SSSR count). The van der Waals surface area contributed by atoms with Gasteiger partial charge >= 0.3 is 11.4 Å². The van der Waals surface area contributed by atoms with Gasteiger partial charge in [-0.15, -0.1) is 0 Å². The number of hydrogen-bond donors (Lipinski definition) is 0. The van der Waals surface area contributed by atoms with Crippen molar-refractivity contribution in [3.63, 3.8) is 0 Å². The van der Waals surface area contributed by atoms with Gasteiger partial charge in [-0.25, -0.2) is 14.5 Å². The molecule has 0 saturated heterocycles. The topological polar surface area (TPSA) is 105 Å². The van der Waals surface area contributed by atoms with Crippen molar-refractivity contribution in [2.24, 2.45) is 0 Å². The molecule has 0 radical (unpaired) electrons. The van der Waals surface area contributed by atoms with Crippen LogP contribution >= 0.6 is 0 Å². The van der Waals surface area contributed by atoms with E-state index in [1.54, 1.807) is 15.3 Å². The number of aromatic nitrogens is 4. The Balaban J connectivity index is 1.40. The second-order valence-corrected chi connectivity index (χ2v) is 10.6. The molecule has 4 aromatic rings. The Labute approximate surface area is 228 Å². The summed E-state index contributed by atoms with van der Waals surface area (Å²) in [6, 6.07) is 19.4. The first-order valence-corrected chi connectivity index (χ1v) is 13.2. The molecule has 2 heterocycles. The molecule has 0 spiro atoms. The second-order valence-electron chi connectivity index (χ2n) is 10.6. The van der Waals surface area contributed by atoms with Crippen molar-refractivity contribution >= 4 is 5.69 Å². The molecule has 0 saturated carbocycles. The van der Waals surface area contributed by atoms with Crippen LogP contribution < -0.4 is 10.4 Å². The van der Waals surface area contributed by atoms with Crippen molar-refractivity contribution in [2.45, 2.75) is 65.5 Å². The van der Waals surface area contributed by atoms with Crippen LogP contribution in [0.3, 0.4) is 0 Å². The third kappa shape index (κ3) is 6.42. The standard InChI is InChI=1S/C30H35N5O4/c1-6-33-27(32-34(29(33)36)20-22-12-16-24(17-13-22)30(2,3)4)9-7-8-21-10-14-23(15-11-21)25-18-19-26(35(37)38)28(31-25)39-5/h10-19H,6-9,20H2,1-5H3. The van der Waals surface area contributed by atoms with Gasteiger partial charge in [0.05, 0.1) is 24.3 Å². The van der Waals surface area contributed by atoms with Gasteiger partial charge in [-0.1, -0.05) is 69.3 Å². The average molecular weight is 530 g/mol. The number of hydrogen-bond acceptors (Lipinski definition) is 6. The number of aryl methyl sites for hydroxylation is 2. The monoisotopic (exact) mass is 529 g/mol. The van der Waals surface area contributed by atoms with E-state index in [1.165, 1.54) is 18.7 Å². The van der Waals surface area contributed by atoms with Crippen LogP contribution in [0.1, 0.15) is 56.6 Å². The highest BCUT2D eigenvalue weighted by molar-refractivity contribution is 5.62. The molecule has 0 aliphatic carbocycles. The van der Waals surface area contributed by atoms with Gasteiger partial charge in [0.2, 0.25) is 0 Å². The molecule has 0 aliphatic rings. The number of ether oxygens (including phenoxy) is 1. The molecule has 0 bridgehead atoms. The quantitative estimate of drug-likeness (QED) is 0.197. The summed E-state index contributed by atoms with van der Waals surface area (Å²) in [5.74, 6) is 0.789. The number of benzene rings is 2. The molecular formula is C30H35N5O4. The fraction of sp³-hybridized carbons (Fsp3) is 0.367. The maximum absolute atomic E-state index is 13.0. The van der Waals surface area contributed by atoms with Gasteiger partial charge < -0.3 is 4.74 Å². The molecule has 0 N–H and O–H groups in total. The van der Waals surface area contributed by atoms with Crippen molar-refractivity contribution in [1.82, 2.24) is 19.3 Å². The van der Waals surface area contributed by atoms with Crippen molar-refractivity contribution in [1.29, 1.82) is 0 Å². The van der Waals surface area contributed by atoms with E-state index in [-0.39, 0.29) is 22.7 Å². The minimum Gasteiger partial charge on any atom is -0.476 e. The Morgan fingerprint density at radius 1 is 0.949 bits per heavy atom. The van der Waals surface area contributed by atoms with Gasteiger partial charge in [-0.2, -0.15) is 5.10 Å². The highest BCUT2D eigenvalue weighted by Gasteiger charge is 2.18. The summed E-state index contributed by atoms with van der Waals surface area (Å²) in [4.78, 5) is 27.9. The van der Waals surface area contributed by atoms with E-state index in [2.05, 4.69) is 55.1 Å². The molecule has 0 fully saturated rings. The molecule has 9 nitrogen and oxygen atoms in total. The Morgan fingerprint density at radius 3 is 2.21 bits per heavy atom. The minimum atomic E-state index is -0.510. The zero-order valence-corrected chi connectivity index (χ0v) is 23.2. The van der Waals surface area contributed by atoms with Gasteiger partial charge in [0, 0.05) is 24.6 Å². The molecule has 204 valence electrons. The predicted molar refractivity (Wildman–Crippen MR) is 151 cm³/mol. The maximum atomic E-state index is 13.0. The van der Waals surface area contributed by atoms with Crippen LogP contribution in [-0.4, -0.2) is 31.4 Å². The van der Waals surface area contributed by atoms with Crippen LogP contribution in [-0.2, 0) is 31.3 Å². The second kappa shape index (κ2) is 11.6. The lowest BCUT2D eigenvalue weighted by Crippen LogP contribution is -2.25. The van der Waals surface area contributed by atoms with Gasteiger partial charge in [0.15, 0.2) is 0 Å². The molecule has 2 aromatic heterocycles. The number of nitrogens with zero attached hydrogens (tertiary/aromatic N) is 5. The molecule has 0 aliphatic heterocycles. The minimum absolute atomic E-state index is 0.00935. The van der Waals surface area contributed by atoms with Gasteiger partial charge in [-0.3, -0.25) is 14.7 Å². The first-order valence-electron chi connectivity index (χ1n) is 13.2. The summed E-state index contributed by atoms with van der Waals surface area (Å²) in [5, 5.41) is 15.8. The van der Waals surface area contributed by atoms with Crippen LogP contribution in [0, 0.1) is 10.1 Å². The van der Waals surface area contributed by atoms with Gasteiger partial charge in [0.1, 0.15) is 5.82 Å². The SMILES string of the molecule is CCn1c(CCCc2ccc(-c3ccc([N+](=O)[O-])c(OC)n3)cc2)nn(Cc2ccc(C(C)(C)C)cc2)c1=O. The Morgan fingerprint density at radius 2 is 1.62 bits per heavy atom. The maximum Gasteiger partial charge on any atom is 0.346 e. The van der Waals surface area contributed by atoms with Gasteiger partial charge in [-0.05, 0) is 47.9 Å². The van der Waals surface area contributed by atoms with Crippen LogP contribution in [0.25, 0.3) is 11.3 Å². The van der Waals surface area contributed by atoms with Crippen molar-refractivity contribution in [3.05, 3.63) is 104 Å². The molecule has 0 atom stereocenters. The molecule has 0 amide bonds. The third-order valence-corrected chi connectivity index (χ3v) is 6.81. The normalized spacial score (nSPS) is 11.5. The highest BCUT2D eigenvalue weighted by Crippen LogP contribution is 2.28. The fourth-order valence-electron chi connectivity index (χ4n) is 4.55. The van der Waals surface area contributed by atoms with E-state index in [0.717, 1.165) is 35.4 Å². The number of nitro groups is 1. The first-order chi connectivity index (χ1) is 18.6. The molecule has 2 aromatic carbocycles. The average Bonchev–Trinajstić information content (AvgIpc) is 3.21. The molecule has 9 heteroatoms. The summed E-state index contributed by atoms with van der Waals surface area (Å²) in [6.07, 6.45) is 2.37. The van der Waals surface area contributed by atoms with Crippen LogP contribution in [0.2, 0.25) is 0 Å². The van der Waals surface area contributed by atoms with E-state index in [0.29, 0.717) is 25.2 Å². The summed E-state index contributed by atoms with van der Waals surface area (Å²) < 4.78 is 8.39. The lowest BCUT2D eigenvalue weighted by atomic mass is 9.87. The van der Waals surface area contributed by atoms with E-state index in [9.17, 15) is 14.9 Å². The van der Waals surface area contributed by atoms with Gasteiger partial charge in [0.25, 0.3) is 5.88 Å². The van der Waals surface area contributed by atoms with E-state index in [1.807, 2.05) is 31.2 Å². The van der Waals surface area contributed by atoms with Crippen molar-refractivity contribution < 1.29 is 9.66 Å². The molecular weight excluding hydrogens is 494 g/mol. The predicted octanol–water partition coefficient (Wildman–Crippen LogP) is 5.56. The molecule has 39 heavy (non-hydrogen) atoms. The highest BCUT2D eigenvalue weighted by atomic mass is 16.6. The summed E-state index contributed by atoms with van der Waals surface area (Å²) in [7, 11) is 1.37. The Bertz CT molecular complexity index is 1500. The van der Waals surface area contributed by atoms with Crippen LogP contribution in [0.4, 0.5) is 5.69 Å². The van der Waals surface area contributed by atoms with Crippen LogP contribution in [0.15, 0.2) is 65.5 Å².